The van der Waals surface area contributed by atoms with Crippen molar-refractivity contribution in [1.82, 2.24) is 0 Å². The fourth-order valence-corrected chi connectivity index (χ4v) is 1.80. The molecule has 1 N–H and O–H groups in total. The molecule has 16 heavy (non-hydrogen) atoms. The molecule has 0 spiro atoms. The van der Waals surface area contributed by atoms with Gasteiger partial charge >= 0.3 is 5.97 Å². The first kappa shape index (κ1) is 10.7. The van der Waals surface area contributed by atoms with Crippen LogP contribution in [0.5, 0.6) is 0 Å². The molecule has 1 aromatic carbocycles. The number of benzene rings is 1. The molecule has 0 saturated heterocycles. The van der Waals surface area contributed by atoms with Gasteiger partial charge in [0.05, 0.1) is 11.7 Å². The molecule has 3 nitrogen and oxygen atoms in total. The van der Waals surface area contributed by atoms with Crippen molar-refractivity contribution in [3.05, 3.63) is 35.6 Å². The van der Waals surface area contributed by atoms with Crippen LogP contribution < -0.4 is 0 Å². The van der Waals surface area contributed by atoms with Crippen molar-refractivity contribution in [1.29, 1.82) is 0 Å². The smallest absolute Gasteiger partial charge is 0.313 e. The molecule has 0 unspecified atom stereocenters. The van der Waals surface area contributed by atoms with E-state index in [1.54, 1.807) is 20.1 Å². The van der Waals surface area contributed by atoms with Gasteiger partial charge < -0.3 is 9.52 Å². The van der Waals surface area contributed by atoms with Gasteiger partial charge in [-0.1, -0.05) is 18.2 Å². The minimum absolute atomic E-state index is 0.721. The number of hydrogen-bond donors (Lipinski definition) is 1. The van der Waals surface area contributed by atoms with Crippen molar-refractivity contribution in [2.24, 2.45) is 0 Å². The van der Waals surface area contributed by atoms with Crippen molar-refractivity contribution in [2.75, 3.05) is 0 Å². The van der Waals surface area contributed by atoms with E-state index < -0.39 is 11.4 Å². The van der Waals surface area contributed by atoms with Crippen LogP contribution >= 0.6 is 0 Å². The number of carboxylic acid groups (broad SMARTS) is 1. The first-order chi connectivity index (χ1) is 7.44. The van der Waals surface area contributed by atoms with E-state index >= 15 is 0 Å². The fraction of sp³-hybridized carbons (Fsp3) is 0.308. The summed E-state index contributed by atoms with van der Waals surface area (Å²) in [6, 6.07) is 5.75. The van der Waals surface area contributed by atoms with Crippen LogP contribution in [0.1, 0.15) is 25.0 Å². The Bertz CT molecular complexity index is 549. The number of carbonyl (C=O) groups is 1. The van der Waals surface area contributed by atoms with Crippen molar-refractivity contribution >= 4 is 16.9 Å². The maximum absolute atomic E-state index is 11.2. The number of aryl methyl sites for hydroxylation is 1. The molecule has 0 saturated carbocycles. The summed E-state index contributed by atoms with van der Waals surface area (Å²) >= 11 is 0. The molecule has 3 heteroatoms. The van der Waals surface area contributed by atoms with Gasteiger partial charge in [-0.25, -0.2) is 0 Å². The van der Waals surface area contributed by atoms with Crippen LogP contribution in [0.4, 0.5) is 0 Å². The summed E-state index contributed by atoms with van der Waals surface area (Å²) in [5.41, 5.74) is 1.58. The van der Waals surface area contributed by atoms with Gasteiger partial charge in [0.2, 0.25) is 0 Å². The van der Waals surface area contributed by atoms with Crippen LogP contribution in [0, 0.1) is 6.92 Å². The van der Waals surface area contributed by atoms with Gasteiger partial charge in [-0.2, -0.15) is 0 Å². The number of hydrogen-bond acceptors (Lipinski definition) is 2. The largest absolute Gasteiger partial charge is 0.481 e. The Morgan fingerprint density at radius 2 is 2.06 bits per heavy atom. The minimum atomic E-state index is -0.932. The van der Waals surface area contributed by atoms with Gasteiger partial charge in [-0.15, -0.1) is 0 Å². The summed E-state index contributed by atoms with van der Waals surface area (Å²) in [6.45, 7) is 5.31. The molecule has 0 radical (unpaired) electrons. The summed E-state index contributed by atoms with van der Waals surface area (Å²) in [6.07, 6.45) is 1.55. The highest BCUT2D eigenvalue weighted by Gasteiger charge is 2.32. The second-order valence-electron chi connectivity index (χ2n) is 4.53. The summed E-state index contributed by atoms with van der Waals surface area (Å²) in [7, 11) is 0. The quantitative estimate of drug-likeness (QED) is 0.842. The Morgan fingerprint density at radius 3 is 2.69 bits per heavy atom. The highest BCUT2D eigenvalue weighted by molar-refractivity contribution is 5.91. The molecule has 84 valence electrons. The molecule has 2 aromatic rings. The first-order valence-corrected chi connectivity index (χ1v) is 5.15. The van der Waals surface area contributed by atoms with Gasteiger partial charge in [-0.05, 0) is 26.3 Å². The van der Waals surface area contributed by atoms with Crippen LogP contribution in [0.3, 0.4) is 0 Å². The van der Waals surface area contributed by atoms with E-state index in [-0.39, 0.29) is 0 Å². The van der Waals surface area contributed by atoms with Gasteiger partial charge in [0, 0.05) is 10.9 Å². The second kappa shape index (κ2) is 3.37. The molecule has 0 bridgehead atoms. The maximum Gasteiger partial charge on any atom is 0.313 e. The normalized spacial score (nSPS) is 11.9. The fourth-order valence-electron chi connectivity index (χ4n) is 1.80. The van der Waals surface area contributed by atoms with Crippen molar-refractivity contribution in [2.45, 2.75) is 26.2 Å². The van der Waals surface area contributed by atoms with E-state index in [9.17, 15) is 9.90 Å². The number of furan rings is 1. The van der Waals surface area contributed by atoms with E-state index in [2.05, 4.69) is 0 Å². The van der Waals surface area contributed by atoms with Gasteiger partial charge in [-0.3, -0.25) is 4.79 Å². The highest BCUT2D eigenvalue weighted by Crippen LogP contribution is 2.33. The zero-order valence-electron chi connectivity index (χ0n) is 9.57. The van der Waals surface area contributed by atoms with Gasteiger partial charge in [0.1, 0.15) is 5.58 Å². The predicted molar refractivity (Wildman–Crippen MR) is 61.6 cm³/mol. The number of aliphatic carboxylic acids is 1. The Morgan fingerprint density at radius 1 is 1.38 bits per heavy atom. The monoisotopic (exact) mass is 218 g/mol. The molecule has 1 heterocycles. The third-order valence-electron chi connectivity index (χ3n) is 3.00. The van der Waals surface area contributed by atoms with E-state index in [0.29, 0.717) is 0 Å². The Hall–Kier alpha value is -1.77. The molecule has 0 aliphatic rings. The SMILES string of the molecule is Cc1cccc2c(C(C)(C)C(=O)O)coc12. The molecule has 0 aliphatic heterocycles. The Balaban J connectivity index is 2.72. The minimum Gasteiger partial charge on any atom is -0.481 e. The number of fused-ring (bicyclic) bond motifs is 1. The molecule has 2 rings (SSSR count). The zero-order chi connectivity index (χ0) is 11.9. The predicted octanol–water partition coefficient (Wildman–Crippen LogP) is 3.10. The summed E-state index contributed by atoms with van der Waals surface area (Å²) in [5, 5.41) is 10.1. The van der Waals surface area contributed by atoms with Crippen molar-refractivity contribution < 1.29 is 14.3 Å². The van der Waals surface area contributed by atoms with Crippen LogP contribution in [0.25, 0.3) is 11.0 Å². The van der Waals surface area contributed by atoms with Gasteiger partial charge in [0.25, 0.3) is 0 Å². The molecule has 0 aliphatic carbocycles. The molecular formula is C13H14O3. The summed E-state index contributed by atoms with van der Waals surface area (Å²) in [4.78, 5) is 11.2. The number of para-hydroxylation sites is 1. The lowest BCUT2D eigenvalue weighted by atomic mass is 9.84. The number of rotatable bonds is 2. The third-order valence-corrected chi connectivity index (χ3v) is 3.00. The lowest BCUT2D eigenvalue weighted by Crippen LogP contribution is -2.28. The van der Waals surface area contributed by atoms with Crippen molar-refractivity contribution in [3.63, 3.8) is 0 Å². The lowest BCUT2D eigenvalue weighted by molar-refractivity contribution is -0.142. The van der Waals surface area contributed by atoms with Gasteiger partial charge in [0.15, 0.2) is 0 Å². The molecule has 0 atom stereocenters. The van der Waals surface area contributed by atoms with E-state index in [1.165, 1.54) is 0 Å². The second-order valence-corrected chi connectivity index (χ2v) is 4.53. The average molecular weight is 218 g/mol. The maximum atomic E-state index is 11.2. The Kier molecular flexibility index (Phi) is 2.26. The number of carboxylic acids is 1. The topological polar surface area (TPSA) is 50.4 Å². The first-order valence-electron chi connectivity index (χ1n) is 5.15. The van der Waals surface area contributed by atoms with Crippen LogP contribution in [-0.4, -0.2) is 11.1 Å². The standard InChI is InChI=1S/C13H14O3/c1-8-5-4-6-9-10(7-16-11(8)9)13(2,3)12(14)15/h4-7H,1-3H3,(H,14,15). The highest BCUT2D eigenvalue weighted by atomic mass is 16.4. The zero-order valence-corrected chi connectivity index (χ0v) is 9.57. The van der Waals surface area contributed by atoms with E-state index in [4.69, 9.17) is 4.42 Å². The third kappa shape index (κ3) is 1.40. The van der Waals surface area contributed by atoms with Crippen molar-refractivity contribution in [3.8, 4) is 0 Å². The van der Waals surface area contributed by atoms with E-state index in [0.717, 1.165) is 22.1 Å². The molecule has 0 amide bonds. The average Bonchev–Trinajstić information content (AvgIpc) is 2.63. The molecular weight excluding hydrogens is 204 g/mol. The van der Waals surface area contributed by atoms with E-state index in [1.807, 2.05) is 25.1 Å². The Labute approximate surface area is 93.7 Å². The summed E-state index contributed by atoms with van der Waals surface area (Å²) in [5.74, 6) is -0.850. The lowest BCUT2D eigenvalue weighted by Gasteiger charge is -2.17. The molecule has 0 fully saturated rings. The summed E-state index contributed by atoms with van der Waals surface area (Å²) < 4.78 is 5.45. The van der Waals surface area contributed by atoms with Crippen LogP contribution in [0.2, 0.25) is 0 Å². The van der Waals surface area contributed by atoms with Crippen LogP contribution in [0.15, 0.2) is 28.9 Å². The molecule has 1 aromatic heterocycles. The van der Waals surface area contributed by atoms with Crippen LogP contribution in [-0.2, 0) is 10.2 Å².